The maximum Gasteiger partial charge on any atom is 0.311 e. The molecule has 0 aliphatic carbocycles. The zero-order chi connectivity index (χ0) is 64.8. The second-order valence-electron chi connectivity index (χ2n) is 25.6. The molecule has 0 amide bonds. The predicted octanol–water partition coefficient (Wildman–Crippen LogP) is 13.0. The van der Waals surface area contributed by atoms with Gasteiger partial charge in [0.05, 0.1) is 83.2 Å². The minimum Gasteiger partial charge on any atom is -0.493 e. The zero-order valence-electron chi connectivity index (χ0n) is 54.0. The standard InChI is InChI=1S/C77H88O16/c1-76(2,3)74(78)92-70-68(86-49-59-38-24-12-25-39-59)66(84-47-57-34-20-10-21-35-57)63(52-81-45-55-30-16-8-17-31-55)89-72(70)88-53-64-67(85-48-58-36-22-11-23-37-58)69(87-50-60-40-26-13-27-41-60)71(93-75(79)77(4,5)6)73(90-64)91-65-61(83-46-56-32-18-9-19-33-56)42-43-82-62(65)51-80-44-54-28-14-7-15-29-54/h7-43,61-73H,44-53H2,1-6H3/t61-,62?,63?,64?,65-,66+,67+,68+,69+,70?,71?,72-,73+/m1/s1. The SMILES string of the molecule is CC(C)(C)C(=O)OC1[C@H](OCC2O[C@@H](O[C@H]3C(COCc4ccccc4)OC=C[C@H]3OCc3ccccc3)C(OC(=O)C(C)(C)C)[C@@H](OCc3ccccc3)[C@H]2OCc2ccccc2)OC(COCc2ccccc2)[C@H](OCc2ccccc2)[C@@H]1OCc1ccccc1. The number of carbonyl (C=O) groups is 2. The van der Waals surface area contributed by atoms with Crippen LogP contribution in [0.5, 0.6) is 0 Å². The monoisotopic (exact) mass is 1270 g/mol. The number of hydrogen-bond donors (Lipinski definition) is 0. The van der Waals surface area contributed by atoms with Crippen LogP contribution in [-0.4, -0.2) is 111 Å². The highest BCUT2D eigenvalue weighted by Crippen LogP contribution is 2.38. The molecule has 7 aromatic carbocycles. The highest BCUT2D eigenvalue weighted by Gasteiger charge is 2.55. The van der Waals surface area contributed by atoms with Crippen LogP contribution in [0.2, 0.25) is 0 Å². The summed E-state index contributed by atoms with van der Waals surface area (Å²) in [5.74, 6) is -1.07. The Bertz CT molecular complexity index is 3310. The molecule has 5 unspecified atom stereocenters. The average Bonchev–Trinajstić information content (AvgIpc) is 0.896. The molecule has 16 nitrogen and oxygen atoms in total. The fourth-order valence-electron chi connectivity index (χ4n) is 10.9. The summed E-state index contributed by atoms with van der Waals surface area (Å²) in [6.45, 7) is 11.7. The van der Waals surface area contributed by atoms with E-state index >= 15 is 0 Å². The van der Waals surface area contributed by atoms with Crippen molar-refractivity contribution in [2.45, 2.75) is 168 Å². The number of ether oxygens (including phenoxy) is 14. The van der Waals surface area contributed by atoms with Gasteiger partial charge in [0.15, 0.2) is 30.9 Å². The molecule has 16 heteroatoms. The fraction of sp³-hybridized carbons (Fsp3) is 0.403. The third-order valence-electron chi connectivity index (χ3n) is 16.0. The lowest BCUT2D eigenvalue weighted by molar-refractivity contribution is -0.356. The summed E-state index contributed by atoms with van der Waals surface area (Å²) in [6, 6.07) is 68.5. The number of hydrogen-bond acceptors (Lipinski definition) is 16. The Hall–Kier alpha value is -7.42. The summed E-state index contributed by atoms with van der Waals surface area (Å²) in [4.78, 5) is 29.2. The highest BCUT2D eigenvalue weighted by molar-refractivity contribution is 5.76. The lowest BCUT2D eigenvalue weighted by Crippen LogP contribution is -2.65. The van der Waals surface area contributed by atoms with Gasteiger partial charge in [0.2, 0.25) is 0 Å². The Morgan fingerprint density at radius 3 is 1.02 bits per heavy atom. The van der Waals surface area contributed by atoms with E-state index in [1.165, 1.54) is 0 Å². The van der Waals surface area contributed by atoms with Crippen LogP contribution in [0, 0.1) is 10.8 Å². The quantitative estimate of drug-likeness (QED) is 0.0390. The topological polar surface area (TPSA) is 163 Å². The molecule has 7 aromatic rings. The van der Waals surface area contributed by atoms with Gasteiger partial charge in [0.1, 0.15) is 48.8 Å². The molecule has 3 heterocycles. The van der Waals surface area contributed by atoms with E-state index in [2.05, 4.69) is 0 Å². The van der Waals surface area contributed by atoms with Gasteiger partial charge in [-0.05, 0) is 86.6 Å². The van der Waals surface area contributed by atoms with Crippen molar-refractivity contribution in [1.29, 1.82) is 0 Å². The van der Waals surface area contributed by atoms with E-state index in [0.29, 0.717) is 6.61 Å². The first kappa shape index (κ1) is 68.4. The van der Waals surface area contributed by atoms with Gasteiger partial charge in [-0.1, -0.05) is 212 Å². The lowest BCUT2D eigenvalue weighted by Gasteiger charge is -2.49. The Morgan fingerprint density at radius 1 is 0.333 bits per heavy atom. The van der Waals surface area contributed by atoms with Crippen molar-refractivity contribution in [2.75, 3.05) is 19.8 Å². The van der Waals surface area contributed by atoms with E-state index in [-0.39, 0.29) is 59.5 Å². The maximum atomic E-state index is 14.6. The molecule has 0 radical (unpaired) electrons. The third-order valence-corrected chi connectivity index (χ3v) is 16.0. The third kappa shape index (κ3) is 20.3. The minimum atomic E-state index is -1.42. The average molecular weight is 1270 g/mol. The molecule has 13 atom stereocenters. The smallest absolute Gasteiger partial charge is 0.311 e. The molecule has 0 saturated carbocycles. The van der Waals surface area contributed by atoms with Gasteiger partial charge in [-0.2, -0.15) is 0 Å². The van der Waals surface area contributed by atoms with Crippen molar-refractivity contribution in [3.05, 3.63) is 264 Å². The van der Waals surface area contributed by atoms with Gasteiger partial charge in [-0.3, -0.25) is 9.59 Å². The van der Waals surface area contributed by atoms with E-state index in [9.17, 15) is 9.59 Å². The molecule has 3 aliphatic rings. The molecule has 10 rings (SSSR count). The molecule has 0 aromatic heterocycles. The second-order valence-corrected chi connectivity index (χ2v) is 25.6. The molecule has 0 N–H and O–H groups in total. The fourth-order valence-corrected chi connectivity index (χ4v) is 10.9. The molecular weight excluding hydrogens is 1180 g/mol. The Kier molecular flexibility index (Phi) is 25.1. The number of esters is 2. The molecule has 2 saturated heterocycles. The second kappa shape index (κ2) is 34.1. The van der Waals surface area contributed by atoms with E-state index in [0.717, 1.165) is 38.9 Å². The van der Waals surface area contributed by atoms with Crippen LogP contribution in [-0.2, 0) is 122 Å². The van der Waals surface area contributed by atoms with Crippen LogP contribution in [0.3, 0.4) is 0 Å². The van der Waals surface area contributed by atoms with Gasteiger partial charge in [0, 0.05) is 0 Å². The van der Waals surface area contributed by atoms with Crippen molar-refractivity contribution in [3.8, 4) is 0 Å². The number of carbonyl (C=O) groups excluding carboxylic acids is 2. The van der Waals surface area contributed by atoms with Gasteiger partial charge >= 0.3 is 11.9 Å². The van der Waals surface area contributed by atoms with Crippen LogP contribution in [0.15, 0.2) is 225 Å². The van der Waals surface area contributed by atoms with Gasteiger partial charge < -0.3 is 66.3 Å². The van der Waals surface area contributed by atoms with Crippen molar-refractivity contribution in [2.24, 2.45) is 10.8 Å². The predicted molar refractivity (Wildman–Crippen MR) is 348 cm³/mol. The molecular formula is C77H88O16. The van der Waals surface area contributed by atoms with Crippen LogP contribution in [0.4, 0.5) is 0 Å². The van der Waals surface area contributed by atoms with E-state index < -0.39 is 102 Å². The molecule has 0 spiro atoms. The molecule has 0 bridgehead atoms. The van der Waals surface area contributed by atoms with Gasteiger partial charge in [-0.15, -0.1) is 0 Å². The summed E-state index contributed by atoms with van der Waals surface area (Å²) in [5, 5.41) is 0. The van der Waals surface area contributed by atoms with Crippen LogP contribution < -0.4 is 0 Å². The number of rotatable bonds is 30. The normalized spacial score (nSPS) is 24.8. The maximum absolute atomic E-state index is 14.6. The molecule has 93 heavy (non-hydrogen) atoms. The minimum absolute atomic E-state index is 0.0237. The van der Waals surface area contributed by atoms with Crippen LogP contribution >= 0.6 is 0 Å². The first-order valence-electron chi connectivity index (χ1n) is 32.0. The molecule has 492 valence electrons. The lowest BCUT2D eigenvalue weighted by atomic mass is 9.94. The number of benzene rings is 7. The largest absolute Gasteiger partial charge is 0.493 e. The van der Waals surface area contributed by atoms with Crippen LogP contribution in [0.25, 0.3) is 0 Å². The Morgan fingerprint density at radius 2 is 0.645 bits per heavy atom. The van der Waals surface area contributed by atoms with Crippen molar-refractivity contribution in [3.63, 3.8) is 0 Å². The summed E-state index contributed by atoms with van der Waals surface area (Å²) >= 11 is 0. The van der Waals surface area contributed by atoms with E-state index in [1.807, 2.05) is 212 Å². The van der Waals surface area contributed by atoms with Crippen molar-refractivity contribution >= 4 is 11.9 Å². The summed E-state index contributed by atoms with van der Waals surface area (Å²) < 4.78 is 96.5. The molecule has 3 aliphatic heterocycles. The van der Waals surface area contributed by atoms with Gasteiger partial charge in [-0.25, -0.2) is 0 Å². The van der Waals surface area contributed by atoms with Crippen LogP contribution in [0.1, 0.15) is 80.5 Å². The van der Waals surface area contributed by atoms with Crippen molar-refractivity contribution < 1.29 is 75.9 Å². The first-order valence-corrected chi connectivity index (χ1v) is 32.0. The van der Waals surface area contributed by atoms with Crippen molar-refractivity contribution in [1.82, 2.24) is 0 Å². The summed E-state index contributed by atoms with van der Waals surface area (Å²) in [6.07, 6.45) is -10.4. The van der Waals surface area contributed by atoms with E-state index in [4.69, 9.17) is 66.3 Å². The summed E-state index contributed by atoms with van der Waals surface area (Å²) in [5.41, 5.74) is 4.37. The zero-order valence-corrected chi connectivity index (χ0v) is 54.0. The van der Waals surface area contributed by atoms with Gasteiger partial charge in [0.25, 0.3) is 0 Å². The Balaban J connectivity index is 1.05. The highest BCUT2D eigenvalue weighted by atomic mass is 16.8. The molecule has 2 fully saturated rings. The summed E-state index contributed by atoms with van der Waals surface area (Å²) in [7, 11) is 0. The first-order chi connectivity index (χ1) is 45.2. The Labute approximate surface area is 547 Å². The van der Waals surface area contributed by atoms with E-state index in [1.54, 1.807) is 53.9 Å².